The number of nitrogens with zero attached hydrogens (tertiary/aromatic N) is 2. The predicted octanol–water partition coefficient (Wildman–Crippen LogP) is 1.91. The molecule has 1 atom stereocenters. The summed E-state index contributed by atoms with van der Waals surface area (Å²) in [6.45, 7) is 1.84. The van der Waals surface area contributed by atoms with Gasteiger partial charge in [-0.25, -0.2) is 4.98 Å². The molecule has 15 heavy (non-hydrogen) atoms. The number of carbonyl (C=O) groups is 1. The molecule has 0 saturated carbocycles. The first kappa shape index (κ1) is 11.5. The molecule has 0 bridgehead atoms. The van der Waals surface area contributed by atoms with Gasteiger partial charge in [0.15, 0.2) is 0 Å². The zero-order valence-corrected chi connectivity index (χ0v) is 8.99. The van der Waals surface area contributed by atoms with E-state index >= 15 is 0 Å². The molecule has 0 aliphatic carbocycles. The first-order valence-corrected chi connectivity index (χ1v) is 5.24. The van der Waals surface area contributed by atoms with Crippen molar-refractivity contribution in [2.45, 2.75) is 23.5 Å². The molecule has 0 aromatic carbocycles. The van der Waals surface area contributed by atoms with Crippen LogP contribution in [-0.2, 0) is 4.79 Å². The van der Waals surface area contributed by atoms with Gasteiger partial charge in [0, 0.05) is 16.3 Å². The average molecular weight is 222 g/mol. The molecule has 1 N–H and O–H groups in total. The lowest BCUT2D eigenvalue weighted by Crippen LogP contribution is -2.05. The zero-order chi connectivity index (χ0) is 11.3. The van der Waals surface area contributed by atoms with Crippen molar-refractivity contribution < 1.29 is 9.90 Å². The molecule has 78 valence electrons. The van der Waals surface area contributed by atoms with Crippen LogP contribution in [0.5, 0.6) is 0 Å². The number of carboxylic acid groups (broad SMARTS) is 1. The fraction of sp³-hybridized carbons (Fsp3) is 0.300. The molecule has 0 amide bonds. The first-order chi connectivity index (χ1) is 7.11. The minimum absolute atomic E-state index is 0.00256. The minimum atomic E-state index is -0.809. The SMILES string of the molecule is CC(CC(=O)O)Sc1ccc(C#N)nc1. The summed E-state index contributed by atoms with van der Waals surface area (Å²) >= 11 is 1.44. The fourth-order valence-corrected chi connectivity index (χ4v) is 1.99. The highest BCUT2D eigenvalue weighted by Gasteiger charge is 2.09. The van der Waals surface area contributed by atoms with Crippen molar-refractivity contribution in [3.05, 3.63) is 24.0 Å². The van der Waals surface area contributed by atoms with Crippen LogP contribution >= 0.6 is 11.8 Å². The van der Waals surface area contributed by atoms with E-state index in [2.05, 4.69) is 4.98 Å². The van der Waals surface area contributed by atoms with Crippen LogP contribution in [0.25, 0.3) is 0 Å². The molecule has 0 aliphatic rings. The topological polar surface area (TPSA) is 74.0 Å². The Morgan fingerprint density at radius 1 is 1.73 bits per heavy atom. The van der Waals surface area contributed by atoms with E-state index in [0.717, 1.165) is 4.90 Å². The molecule has 0 fully saturated rings. The van der Waals surface area contributed by atoms with E-state index < -0.39 is 5.97 Å². The Balaban J connectivity index is 2.58. The van der Waals surface area contributed by atoms with Crippen molar-refractivity contribution >= 4 is 17.7 Å². The van der Waals surface area contributed by atoms with Gasteiger partial charge < -0.3 is 5.11 Å². The molecular weight excluding hydrogens is 212 g/mol. The molecule has 4 nitrogen and oxygen atoms in total. The number of carboxylic acids is 1. The number of pyridine rings is 1. The van der Waals surface area contributed by atoms with Crippen LogP contribution in [0.1, 0.15) is 19.0 Å². The van der Waals surface area contributed by atoms with Gasteiger partial charge in [-0.05, 0) is 12.1 Å². The summed E-state index contributed by atoms with van der Waals surface area (Å²) in [5, 5.41) is 17.1. The number of rotatable bonds is 4. The highest BCUT2D eigenvalue weighted by Crippen LogP contribution is 2.24. The summed E-state index contributed by atoms with van der Waals surface area (Å²) in [5.41, 5.74) is 0.366. The third-order valence-corrected chi connectivity index (χ3v) is 2.73. The summed E-state index contributed by atoms with van der Waals surface area (Å²) in [6, 6.07) is 5.32. The van der Waals surface area contributed by atoms with Gasteiger partial charge in [0.05, 0.1) is 6.42 Å². The second-order valence-electron chi connectivity index (χ2n) is 3.02. The maximum absolute atomic E-state index is 10.4. The van der Waals surface area contributed by atoms with Crippen molar-refractivity contribution in [3.8, 4) is 6.07 Å². The van der Waals surface area contributed by atoms with Crippen LogP contribution < -0.4 is 0 Å². The van der Waals surface area contributed by atoms with Crippen LogP contribution in [0.2, 0.25) is 0 Å². The maximum atomic E-state index is 10.4. The third-order valence-electron chi connectivity index (χ3n) is 1.65. The Bertz CT molecular complexity index is 383. The first-order valence-electron chi connectivity index (χ1n) is 4.36. The van der Waals surface area contributed by atoms with Crippen molar-refractivity contribution in [1.29, 1.82) is 5.26 Å². The second kappa shape index (κ2) is 5.37. The Morgan fingerprint density at radius 2 is 2.47 bits per heavy atom. The van der Waals surface area contributed by atoms with Crippen molar-refractivity contribution in [2.75, 3.05) is 0 Å². The van der Waals surface area contributed by atoms with E-state index in [9.17, 15) is 4.79 Å². The standard InChI is InChI=1S/C10H10N2O2S/c1-7(4-10(13)14)15-9-3-2-8(5-11)12-6-9/h2-3,6-7H,4H2,1H3,(H,13,14). The summed E-state index contributed by atoms with van der Waals surface area (Å²) in [5.74, 6) is -0.809. The minimum Gasteiger partial charge on any atom is -0.481 e. The molecule has 0 radical (unpaired) electrons. The van der Waals surface area contributed by atoms with Crippen molar-refractivity contribution in [2.24, 2.45) is 0 Å². The number of hydrogen-bond acceptors (Lipinski definition) is 4. The lowest BCUT2D eigenvalue weighted by atomic mass is 10.3. The number of thioether (sulfide) groups is 1. The molecular formula is C10H10N2O2S. The largest absolute Gasteiger partial charge is 0.481 e. The second-order valence-corrected chi connectivity index (χ2v) is 4.53. The monoisotopic (exact) mass is 222 g/mol. The number of aromatic nitrogens is 1. The van der Waals surface area contributed by atoms with Crippen molar-refractivity contribution in [1.82, 2.24) is 4.98 Å². The van der Waals surface area contributed by atoms with Gasteiger partial charge in [0.2, 0.25) is 0 Å². The fourth-order valence-electron chi connectivity index (χ4n) is 1.04. The smallest absolute Gasteiger partial charge is 0.304 e. The highest BCUT2D eigenvalue weighted by molar-refractivity contribution is 8.00. The normalized spacial score (nSPS) is 11.7. The Kier molecular flexibility index (Phi) is 4.13. The number of aliphatic carboxylic acids is 1. The molecule has 1 heterocycles. The van der Waals surface area contributed by atoms with Gasteiger partial charge in [-0.3, -0.25) is 4.79 Å². The summed E-state index contributed by atoms with van der Waals surface area (Å²) in [6.07, 6.45) is 1.70. The molecule has 0 saturated heterocycles. The van der Waals surface area contributed by atoms with Crippen LogP contribution in [0.4, 0.5) is 0 Å². The molecule has 5 heteroatoms. The van der Waals surface area contributed by atoms with Gasteiger partial charge >= 0.3 is 5.97 Å². The summed E-state index contributed by atoms with van der Waals surface area (Å²) in [7, 11) is 0. The van der Waals surface area contributed by atoms with E-state index in [0.29, 0.717) is 5.69 Å². The molecule has 1 aromatic rings. The molecule has 1 unspecified atom stereocenters. The van der Waals surface area contributed by atoms with E-state index in [1.165, 1.54) is 11.8 Å². The lowest BCUT2D eigenvalue weighted by Gasteiger charge is -2.07. The van der Waals surface area contributed by atoms with Gasteiger partial charge in [-0.1, -0.05) is 6.92 Å². The number of nitriles is 1. The summed E-state index contributed by atoms with van der Waals surface area (Å²) in [4.78, 5) is 15.2. The Morgan fingerprint density at radius 3 is 2.93 bits per heavy atom. The predicted molar refractivity (Wildman–Crippen MR) is 56.5 cm³/mol. The molecule has 1 rings (SSSR count). The van der Waals surface area contributed by atoms with E-state index in [1.807, 2.05) is 13.0 Å². The van der Waals surface area contributed by atoms with Crippen LogP contribution in [-0.4, -0.2) is 21.3 Å². The van der Waals surface area contributed by atoms with Gasteiger partial charge in [-0.2, -0.15) is 5.26 Å². The molecule has 0 aliphatic heterocycles. The Hall–Kier alpha value is -1.54. The third kappa shape index (κ3) is 4.00. The van der Waals surface area contributed by atoms with E-state index in [1.54, 1.807) is 18.3 Å². The maximum Gasteiger partial charge on any atom is 0.304 e. The number of hydrogen-bond donors (Lipinski definition) is 1. The van der Waals surface area contributed by atoms with Crippen LogP contribution in [0, 0.1) is 11.3 Å². The van der Waals surface area contributed by atoms with Crippen LogP contribution in [0.15, 0.2) is 23.2 Å². The average Bonchev–Trinajstić information content (AvgIpc) is 2.17. The molecule has 1 aromatic heterocycles. The quantitative estimate of drug-likeness (QED) is 0.787. The summed E-state index contributed by atoms with van der Waals surface area (Å²) < 4.78 is 0. The highest BCUT2D eigenvalue weighted by atomic mass is 32.2. The van der Waals surface area contributed by atoms with Gasteiger partial charge in [-0.15, -0.1) is 11.8 Å². The van der Waals surface area contributed by atoms with Gasteiger partial charge in [0.1, 0.15) is 11.8 Å². The Labute approximate surface area is 91.9 Å². The van der Waals surface area contributed by atoms with Crippen molar-refractivity contribution in [3.63, 3.8) is 0 Å². The van der Waals surface area contributed by atoms with Crippen LogP contribution in [0.3, 0.4) is 0 Å². The van der Waals surface area contributed by atoms with E-state index in [-0.39, 0.29) is 11.7 Å². The molecule has 0 spiro atoms. The van der Waals surface area contributed by atoms with Gasteiger partial charge in [0.25, 0.3) is 0 Å². The van der Waals surface area contributed by atoms with E-state index in [4.69, 9.17) is 10.4 Å². The zero-order valence-electron chi connectivity index (χ0n) is 8.17. The lowest BCUT2D eigenvalue weighted by molar-refractivity contribution is -0.136.